The monoisotopic (exact) mass is 318 g/mol. The molecule has 2 N–H and O–H groups in total. The molecule has 24 heavy (non-hydrogen) atoms. The van der Waals surface area contributed by atoms with Crippen molar-refractivity contribution in [1.29, 1.82) is 0 Å². The van der Waals surface area contributed by atoms with Crippen molar-refractivity contribution in [2.24, 2.45) is 0 Å². The van der Waals surface area contributed by atoms with Gasteiger partial charge in [-0.25, -0.2) is 0 Å². The van der Waals surface area contributed by atoms with E-state index in [9.17, 15) is 4.79 Å². The number of nitrogens with zero attached hydrogens (tertiary/aromatic N) is 2. The van der Waals surface area contributed by atoms with Gasteiger partial charge in [0.25, 0.3) is 5.91 Å². The molecule has 0 aromatic carbocycles. The molecule has 0 bridgehead atoms. The van der Waals surface area contributed by atoms with E-state index in [1.165, 1.54) is 5.56 Å². The normalized spacial score (nSPS) is 13.5. The molecule has 3 aromatic rings. The Morgan fingerprint density at radius 3 is 2.92 bits per heavy atom. The molecule has 1 aliphatic heterocycles. The van der Waals surface area contributed by atoms with Gasteiger partial charge < -0.3 is 10.3 Å². The summed E-state index contributed by atoms with van der Waals surface area (Å²) >= 11 is 0. The average molecular weight is 318 g/mol. The molecular formula is C19H18N4O. The molecule has 0 unspecified atom stereocenters. The van der Waals surface area contributed by atoms with Crippen molar-refractivity contribution in [1.82, 2.24) is 20.3 Å². The Balaban J connectivity index is 1.74. The van der Waals surface area contributed by atoms with Gasteiger partial charge in [0, 0.05) is 54.1 Å². The van der Waals surface area contributed by atoms with E-state index < -0.39 is 0 Å². The van der Waals surface area contributed by atoms with E-state index in [1.54, 1.807) is 6.20 Å². The first-order valence-electron chi connectivity index (χ1n) is 8.15. The molecule has 1 amide bonds. The molecule has 120 valence electrons. The summed E-state index contributed by atoms with van der Waals surface area (Å²) in [6.45, 7) is 2.79. The summed E-state index contributed by atoms with van der Waals surface area (Å²) < 4.78 is 0. The first-order chi connectivity index (χ1) is 11.7. The van der Waals surface area contributed by atoms with Crippen LogP contribution >= 0.6 is 0 Å². The van der Waals surface area contributed by atoms with Gasteiger partial charge in [0.05, 0.1) is 11.3 Å². The number of H-pyrrole nitrogens is 1. The molecule has 0 fully saturated rings. The lowest BCUT2D eigenvalue weighted by molar-refractivity contribution is 0.0946. The maximum absolute atomic E-state index is 11.9. The van der Waals surface area contributed by atoms with Crippen LogP contribution in [-0.4, -0.2) is 27.4 Å². The van der Waals surface area contributed by atoms with E-state index in [0.717, 1.165) is 46.6 Å². The quantitative estimate of drug-likeness (QED) is 0.780. The Morgan fingerprint density at radius 1 is 1.17 bits per heavy atom. The number of aromatic nitrogens is 3. The zero-order valence-corrected chi connectivity index (χ0v) is 13.5. The molecule has 4 rings (SSSR count). The fourth-order valence-corrected chi connectivity index (χ4v) is 3.03. The summed E-state index contributed by atoms with van der Waals surface area (Å²) in [7, 11) is 0. The van der Waals surface area contributed by atoms with Crippen LogP contribution in [0.2, 0.25) is 0 Å². The number of fused-ring (bicyclic) bond motifs is 1. The number of pyridine rings is 2. The minimum atomic E-state index is -0.00660. The molecule has 5 nitrogen and oxygen atoms in total. The predicted octanol–water partition coefficient (Wildman–Crippen LogP) is 2.99. The van der Waals surface area contributed by atoms with Crippen molar-refractivity contribution in [3.63, 3.8) is 0 Å². The number of amides is 1. The minimum absolute atomic E-state index is 0.00660. The van der Waals surface area contributed by atoms with E-state index in [1.807, 2.05) is 30.6 Å². The Morgan fingerprint density at radius 2 is 2.08 bits per heavy atom. The third-order valence-corrected chi connectivity index (χ3v) is 4.37. The van der Waals surface area contributed by atoms with E-state index >= 15 is 0 Å². The van der Waals surface area contributed by atoms with Crippen molar-refractivity contribution in [3.05, 3.63) is 59.7 Å². The van der Waals surface area contributed by atoms with Gasteiger partial charge in [-0.3, -0.25) is 14.8 Å². The van der Waals surface area contributed by atoms with E-state index in [4.69, 9.17) is 0 Å². The summed E-state index contributed by atoms with van der Waals surface area (Å²) in [5.74, 6) is -0.00660. The van der Waals surface area contributed by atoms with Gasteiger partial charge in [-0.05, 0) is 36.2 Å². The molecule has 0 atom stereocenters. The number of aryl methyl sites for hydroxylation is 1. The van der Waals surface area contributed by atoms with Crippen LogP contribution in [0.4, 0.5) is 0 Å². The number of hydrogen-bond donors (Lipinski definition) is 2. The number of hydrogen-bond acceptors (Lipinski definition) is 3. The number of carbonyl (C=O) groups excluding carboxylic acids is 1. The second-order valence-corrected chi connectivity index (χ2v) is 5.95. The fraction of sp³-hybridized carbons (Fsp3) is 0.211. The maximum Gasteiger partial charge on any atom is 0.253 e. The number of nitrogens with one attached hydrogen (secondary N) is 2. The highest BCUT2D eigenvalue weighted by Crippen LogP contribution is 2.27. The van der Waals surface area contributed by atoms with Crippen LogP contribution < -0.4 is 5.32 Å². The Bertz CT molecular complexity index is 913. The first kappa shape index (κ1) is 14.6. The predicted molar refractivity (Wildman–Crippen MR) is 92.7 cm³/mol. The van der Waals surface area contributed by atoms with Gasteiger partial charge in [-0.1, -0.05) is 6.92 Å². The average Bonchev–Trinajstić information content (AvgIpc) is 3.08. The molecule has 1 aliphatic rings. The summed E-state index contributed by atoms with van der Waals surface area (Å²) in [4.78, 5) is 24.1. The topological polar surface area (TPSA) is 70.7 Å². The van der Waals surface area contributed by atoms with Crippen molar-refractivity contribution in [2.45, 2.75) is 19.8 Å². The minimum Gasteiger partial charge on any atom is -0.358 e. The lowest BCUT2D eigenvalue weighted by atomic mass is 10.1. The first-order valence-corrected chi connectivity index (χ1v) is 8.15. The van der Waals surface area contributed by atoms with Gasteiger partial charge in [0.1, 0.15) is 0 Å². The lowest BCUT2D eigenvalue weighted by Crippen LogP contribution is -2.31. The van der Waals surface area contributed by atoms with E-state index in [0.29, 0.717) is 6.54 Å². The third-order valence-electron chi connectivity index (χ3n) is 4.37. The Hall–Kier alpha value is -2.95. The fourth-order valence-electron chi connectivity index (χ4n) is 3.03. The van der Waals surface area contributed by atoms with Crippen LogP contribution in [0.25, 0.3) is 22.5 Å². The van der Waals surface area contributed by atoms with Gasteiger partial charge in [0.2, 0.25) is 0 Å². The zero-order valence-electron chi connectivity index (χ0n) is 13.5. The number of carbonyl (C=O) groups is 1. The van der Waals surface area contributed by atoms with Crippen LogP contribution in [0.1, 0.15) is 28.5 Å². The van der Waals surface area contributed by atoms with Gasteiger partial charge >= 0.3 is 0 Å². The van der Waals surface area contributed by atoms with E-state index in [2.05, 4.69) is 33.3 Å². The molecule has 5 heteroatoms. The Labute approximate surface area is 140 Å². The number of rotatable bonds is 3. The van der Waals surface area contributed by atoms with Crippen LogP contribution in [0, 0.1) is 0 Å². The molecule has 0 saturated heterocycles. The standard InChI is InChI=1S/C19H18N4O/c1-2-12-7-14(11-20-10-12)17-8-13(3-5-21-17)18-9-15-16(23-18)4-6-22-19(15)24/h3,5,7-11,23H,2,4,6H2,1H3,(H,22,24). The summed E-state index contributed by atoms with van der Waals surface area (Å²) in [5, 5.41) is 2.87. The maximum atomic E-state index is 11.9. The van der Waals surface area contributed by atoms with E-state index in [-0.39, 0.29) is 5.91 Å². The van der Waals surface area contributed by atoms with Crippen LogP contribution in [0.3, 0.4) is 0 Å². The largest absolute Gasteiger partial charge is 0.358 e. The highest BCUT2D eigenvalue weighted by Gasteiger charge is 2.20. The highest BCUT2D eigenvalue weighted by molar-refractivity contribution is 5.97. The molecular weight excluding hydrogens is 300 g/mol. The van der Waals surface area contributed by atoms with Gasteiger partial charge in [-0.2, -0.15) is 0 Å². The molecule has 0 saturated carbocycles. The van der Waals surface area contributed by atoms with Crippen molar-refractivity contribution in [2.75, 3.05) is 6.54 Å². The number of aromatic amines is 1. The highest BCUT2D eigenvalue weighted by atomic mass is 16.1. The van der Waals surface area contributed by atoms with Crippen molar-refractivity contribution >= 4 is 5.91 Å². The zero-order chi connectivity index (χ0) is 16.5. The summed E-state index contributed by atoms with van der Waals surface area (Å²) in [6.07, 6.45) is 7.28. The van der Waals surface area contributed by atoms with Crippen molar-refractivity contribution in [3.8, 4) is 22.5 Å². The summed E-state index contributed by atoms with van der Waals surface area (Å²) in [6, 6.07) is 8.03. The SMILES string of the molecule is CCc1cncc(-c2cc(-c3cc4c([nH]3)CCNC4=O)ccn2)c1. The molecule has 4 heterocycles. The third kappa shape index (κ3) is 2.58. The summed E-state index contributed by atoms with van der Waals surface area (Å²) in [5.41, 5.74) is 6.78. The van der Waals surface area contributed by atoms with Gasteiger partial charge in [-0.15, -0.1) is 0 Å². The molecule has 0 radical (unpaired) electrons. The smallest absolute Gasteiger partial charge is 0.253 e. The second kappa shape index (κ2) is 5.92. The van der Waals surface area contributed by atoms with Crippen LogP contribution in [-0.2, 0) is 12.8 Å². The Kier molecular flexibility index (Phi) is 3.61. The molecule has 0 spiro atoms. The van der Waals surface area contributed by atoms with Crippen molar-refractivity contribution < 1.29 is 4.79 Å². The molecule has 3 aromatic heterocycles. The van der Waals surface area contributed by atoms with Gasteiger partial charge in [0.15, 0.2) is 0 Å². The van der Waals surface area contributed by atoms with Crippen LogP contribution in [0.15, 0.2) is 42.9 Å². The lowest BCUT2D eigenvalue weighted by Gasteiger charge is -2.10. The molecule has 0 aliphatic carbocycles. The van der Waals surface area contributed by atoms with Crippen LogP contribution in [0.5, 0.6) is 0 Å². The second-order valence-electron chi connectivity index (χ2n) is 5.95.